The van der Waals surface area contributed by atoms with Gasteiger partial charge in [-0.15, -0.1) is 0 Å². The molecule has 0 N–H and O–H groups in total. The van der Waals surface area contributed by atoms with Gasteiger partial charge in [0.2, 0.25) is 0 Å². The molecule has 2 aromatic heterocycles. The molecule has 0 unspecified atom stereocenters. The number of ketones is 1. The van der Waals surface area contributed by atoms with E-state index in [1.807, 2.05) is 0 Å². The molecule has 0 aliphatic rings. The molecule has 0 amide bonds. The van der Waals surface area contributed by atoms with Crippen molar-refractivity contribution in [3.8, 4) is 0 Å². The number of pyridine rings is 2. The van der Waals surface area contributed by atoms with Crippen LogP contribution in [0.15, 0.2) is 101 Å². The molecule has 0 aliphatic carbocycles. The lowest BCUT2D eigenvalue weighted by molar-refractivity contribution is 0.101. The zero-order valence-corrected chi connectivity index (χ0v) is 21.6. The summed E-state index contributed by atoms with van der Waals surface area (Å²) >= 11 is 6.29. The van der Waals surface area contributed by atoms with Crippen LogP contribution in [0.2, 0.25) is 5.02 Å². The molecule has 0 aliphatic heterocycles. The molecule has 0 bridgehead atoms. The fraction of sp³-hybridized carbons (Fsp3) is 0.0385. The molecule has 37 heavy (non-hydrogen) atoms. The average molecular weight is 552 g/mol. The largest absolute Gasteiger partial charge is 0.294 e. The zero-order chi connectivity index (χ0) is 26.4. The van der Waals surface area contributed by atoms with E-state index in [9.17, 15) is 21.6 Å². The number of carbonyl (C=O) groups is 1. The molecular weight excluding hydrogens is 534 g/mol. The highest BCUT2D eigenvalue weighted by Crippen LogP contribution is 2.36. The predicted molar refractivity (Wildman–Crippen MR) is 142 cm³/mol. The molecular formula is C26H18ClN3O5S2. The van der Waals surface area contributed by atoms with Crippen LogP contribution in [-0.4, -0.2) is 32.6 Å². The number of aromatic nitrogens is 2. The van der Waals surface area contributed by atoms with Gasteiger partial charge in [-0.05, 0) is 49.4 Å². The number of rotatable bonds is 6. The molecule has 5 aromatic rings. The third-order valence-electron chi connectivity index (χ3n) is 5.73. The quantitative estimate of drug-likeness (QED) is 0.266. The Bertz CT molecular complexity index is 1810. The maximum atomic E-state index is 14.2. The van der Waals surface area contributed by atoms with E-state index in [0.29, 0.717) is 14.5 Å². The number of para-hydroxylation sites is 2. The molecule has 0 radical (unpaired) electrons. The Morgan fingerprint density at radius 1 is 0.730 bits per heavy atom. The molecule has 0 spiro atoms. The summed E-state index contributed by atoms with van der Waals surface area (Å²) in [4.78, 5) is 19.7. The number of halogens is 1. The van der Waals surface area contributed by atoms with Crippen molar-refractivity contribution in [1.29, 1.82) is 0 Å². The fourth-order valence-electron chi connectivity index (χ4n) is 4.06. The van der Waals surface area contributed by atoms with Crippen LogP contribution in [-0.2, 0) is 20.0 Å². The van der Waals surface area contributed by atoms with Crippen molar-refractivity contribution in [2.75, 3.05) is 3.71 Å². The average Bonchev–Trinajstić information content (AvgIpc) is 2.87. The number of nitrogens with zero attached hydrogens (tertiary/aromatic N) is 3. The van der Waals surface area contributed by atoms with Crippen LogP contribution < -0.4 is 3.71 Å². The Balaban J connectivity index is 1.84. The van der Waals surface area contributed by atoms with Crippen molar-refractivity contribution in [2.24, 2.45) is 0 Å². The standard InChI is InChI=1S/C26H18ClN3O5S2/c1-17(31)21-13-12-20(16-22(21)27)30(36(32,33)23-10-2-6-18-8-4-14-28-25(18)23)37(34,35)24-11-3-7-19-9-5-15-29-26(19)24/h2-16H,1H3. The van der Waals surface area contributed by atoms with Gasteiger partial charge in [0.05, 0.1) is 21.7 Å². The number of fused-ring (bicyclic) bond motifs is 2. The number of hydrogen-bond acceptors (Lipinski definition) is 7. The topological polar surface area (TPSA) is 114 Å². The molecule has 3 aromatic carbocycles. The minimum atomic E-state index is -4.79. The second-order valence-corrected chi connectivity index (χ2v) is 12.2. The minimum Gasteiger partial charge on any atom is -0.294 e. The van der Waals surface area contributed by atoms with Crippen LogP contribution in [0.25, 0.3) is 21.8 Å². The minimum absolute atomic E-state index is 0.0903. The summed E-state index contributed by atoms with van der Waals surface area (Å²) in [6, 6.07) is 19.3. The second kappa shape index (κ2) is 9.22. The smallest absolute Gasteiger partial charge is 0.279 e. The van der Waals surface area contributed by atoms with Crippen molar-refractivity contribution in [3.05, 3.63) is 102 Å². The Morgan fingerprint density at radius 2 is 1.22 bits per heavy atom. The van der Waals surface area contributed by atoms with Gasteiger partial charge >= 0.3 is 0 Å². The molecule has 0 saturated heterocycles. The summed E-state index contributed by atoms with van der Waals surface area (Å²) in [7, 11) is -9.59. The van der Waals surface area contributed by atoms with Gasteiger partial charge in [0.25, 0.3) is 20.0 Å². The van der Waals surface area contributed by atoms with Crippen LogP contribution in [0.5, 0.6) is 0 Å². The third-order valence-corrected chi connectivity index (χ3v) is 10.3. The summed E-state index contributed by atoms with van der Waals surface area (Å²) in [6.07, 6.45) is 2.85. The Kier molecular flexibility index (Phi) is 6.18. The molecule has 186 valence electrons. The van der Waals surface area contributed by atoms with E-state index in [0.717, 1.165) is 6.07 Å². The summed E-state index contributed by atoms with van der Waals surface area (Å²) in [5.74, 6) is -0.356. The van der Waals surface area contributed by atoms with Gasteiger partial charge in [-0.2, -0.15) is 20.5 Å². The highest BCUT2D eigenvalue weighted by molar-refractivity contribution is 8.10. The molecule has 0 fully saturated rings. The first-order valence-electron chi connectivity index (χ1n) is 10.9. The van der Waals surface area contributed by atoms with Crippen LogP contribution in [0.4, 0.5) is 5.69 Å². The maximum Gasteiger partial charge on any atom is 0.279 e. The number of hydrogen-bond donors (Lipinski definition) is 0. The van der Waals surface area contributed by atoms with Crippen LogP contribution in [0.1, 0.15) is 17.3 Å². The van der Waals surface area contributed by atoms with Crippen molar-refractivity contribution in [2.45, 2.75) is 16.7 Å². The van der Waals surface area contributed by atoms with Crippen molar-refractivity contribution in [3.63, 3.8) is 0 Å². The Labute approximate surface area is 218 Å². The van der Waals surface area contributed by atoms with Gasteiger partial charge in [-0.3, -0.25) is 14.8 Å². The molecule has 2 heterocycles. The summed E-state index contributed by atoms with van der Waals surface area (Å²) < 4.78 is 57.2. The molecule has 11 heteroatoms. The first-order valence-corrected chi connectivity index (χ1v) is 14.2. The number of anilines is 1. The Hall–Kier alpha value is -3.86. The van der Waals surface area contributed by atoms with Gasteiger partial charge in [0.15, 0.2) is 5.78 Å². The molecule has 0 atom stereocenters. The summed E-state index contributed by atoms with van der Waals surface area (Å²) in [6.45, 7) is 1.30. The lowest BCUT2D eigenvalue weighted by Gasteiger charge is -2.25. The van der Waals surface area contributed by atoms with Crippen molar-refractivity contribution in [1.82, 2.24) is 9.97 Å². The Morgan fingerprint density at radius 3 is 1.68 bits per heavy atom. The monoisotopic (exact) mass is 551 g/mol. The van der Waals surface area contributed by atoms with Crippen LogP contribution in [0.3, 0.4) is 0 Å². The van der Waals surface area contributed by atoms with Gasteiger partial charge in [0, 0.05) is 28.7 Å². The van der Waals surface area contributed by atoms with E-state index in [1.54, 1.807) is 36.4 Å². The summed E-state index contributed by atoms with van der Waals surface area (Å²) in [5, 5.41) is 0.933. The predicted octanol–water partition coefficient (Wildman–Crippen LogP) is 5.22. The lowest BCUT2D eigenvalue weighted by atomic mass is 10.1. The third kappa shape index (κ3) is 4.22. The van der Waals surface area contributed by atoms with Gasteiger partial charge in [-0.1, -0.05) is 48.0 Å². The van der Waals surface area contributed by atoms with Crippen molar-refractivity contribution < 1.29 is 21.6 Å². The highest BCUT2D eigenvalue weighted by atomic mass is 35.5. The van der Waals surface area contributed by atoms with E-state index in [2.05, 4.69) is 9.97 Å². The number of carbonyl (C=O) groups excluding carboxylic acids is 1. The summed E-state index contributed by atoms with van der Waals surface area (Å²) in [5.41, 5.74) is 0.0649. The SMILES string of the molecule is CC(=O)c1ccc(N(S(=O)(=O)c2cccc3cccnc23)S(=O)(=O)c2cccc3cccnc23)cc1Cl. The highest BCUT2D eigenvalue weighted by Gasteiger charge is 2.39. The number of sulfonamides is 2. The number of benzene rings is 3. The van der Waals surface area contributed by atoms with Crippen LogP contribution in [0, 0.1) is 0 Å². The molecule has 5 rings (SSSR count). The van der Waals surface area contributed by atoms with Gasteiger partial charge in [-0.25, -0.2) is 0 Å². The zero-order valence-electron chi connectivity index (χ0n) is 19.2. The first-order chi connectivity index (χ1) is 17.6. The fourth-order valence-corrected chi connectivity index (χ4v) is 8.35. The van der Waals surface area contributed by atoms with E-state index in [4.69, 9.17) is 11.6 Å². The maximum absolute atomic E-state index is 14.2. The van der Waals surface area contributed by atoms with Gasteiger partial charge < -0.3 is 0 Å². The first kappa shape index (κ1) is 24.8. The van der Waals surface area contributed by atoms with Crippen LogP contribution >= 0.6 is 11.6 Å². The van der Waals surface area contributed by atoms with Gasteiger partial charge in [0.1, 0.15) is 9.79 Å². The van der Waals surface area contributed by atoms with Crippen molar-refractivity contribution >= 4 is 64.9 Å². The lowest BCUT2D eigenvalue weighted by Crippen LogP contribution is -2.37. The van der Waals surface area contributed by atoms with E-state index >= 15 is 0 Å². The number of Topliss-reactive ketones (excluding diaryl/α,β-unsaturated/α-hetero) is 1. The molecule has 8 nitrogen and oxygen atoms in total. The normalized spacial score (nSPS) is 12.1. The van der Waals surface area contributed by atoms with E-state index in [-0.39, 0.29) is 42.9 Å². The van der Waals surface area contributed by atoms with E-state index < -0.39 is 20.0 Å². The van der Waals surface area contributed by atoms with E-state index in [1.165, 1.54) is 55.7 Å². The molecule has 0 saturated carbocycles. The second-order valence-electron chi connectivity index (χ2n) is 8.09.